The number of rotatable bonds is 12. The van der Waals surface area contributed by atoms with Crippen molar-refractivity contribution in [3.8, 4) is 50.6 Å². The van der Waals surface area contributed by atoms with E-state index in [2.05, 4.69) is 91.0 Å². The number of ether oxygens (including phenoxy) is 3. The molecule has 0 N–H and O–H groups in total. The first-order chi connectivity index (χ1) is 37.6. The highest BCUT2D eigenvalue weighted by Crippen LogP contribution is 2.42. The van der Waals surface area contributed by atoms with Gasteiger partial charge in [-0.05, 0) is 176 Å². The summed E-state index contributed by atoms with van der Waals surface area (Å²) in [6, 6.07) is 66.5. The summed E-state index contributed by atoms with van der Waals surface area (Å²) in [7, 11) is -6.74. The average molecular weight is 1080 g/mol. The molecular formula is C64H45F3O9S2. The van der Waals surface area contributed by atoms with Crippen LogP contribution in [-0.2, 0) is 73.9 Å². The van der Waals surface area contributed by atoms with E-state index in [1.165, 1.54) is 66.8 Å². The molecule has 14 heteroatoms. The largest absolute Gasteiger partial charge is 0.741 e. The zero-order valence-electron chi connectivity index (χ0n) is 41.4. The van der Waals surface area contributed by atoms with Crippen molar-refractivity contribution in [1.82, 2.24) is 0 Å². The number of benzene rings is 9. The van der Waals surface area contributed by atoms with Gasteiger partial charge in [0.05, 0.1) is 30.2 Å². The Balaban J connectivity index is 0.000000750. The lowest BCUT2D eigenvalue weighted by Crippen LogP contribution is -2.21. The van der Waals surface area contributed by atoms with Gasteiger partial charge in [-0.1, -0.05) is 127 Å². The van der Waals surface area contributed by atoms with Crippen molar-refractivity contribution < 1.29 is 54.7 Å². The van der Waals surface area contributed by atoms with Gasteiger partial charge in [0, 0.05) is 0 Å². The van der Waals surface area contributed by atoms with Gasteiger partial charge in [-0.25, -0.2) is 8.42 Å². The Labute approximate surface area is 451 Å². The Morgan fingerprint density at radius 3 is 0.923 bits per heavy atom. The number of alkyl halides is 3. The second-order valence-corrected chi connectivity index (χ2v) is 22.3. The topological polar surface area (TPSA) is 136 Å². The molecule has 0 spiro atoms. The SMILES string of the molecule is O=C(Cc1cccc2c1Cc1ccccc1-2)Oc1ccc([S+](c2ccc(OC(=O)Cc3cccc4c3Cc3ccccc3-4)cc2)c2ccc(OC(=O)Cc3cccc4c3Cc3ccccc3-4)cc2)cc1.O=S(=O)([O-])C(F)(F)F. The number of halogens is 3. The average Bonchev–Trinajstić information content (AvgIpc) is 4.29. The zero-order valence-corrected chi connectivity index (χ0v) is 43.1. The van der Waals surface area contributed by atoms with Crippen molar-refractivity contribution in [3.63, 3.8) is 0 Å². The van der Waals surface area contributed by atoms with Crippen LogP contribution in [0.2, 0.25) is 0 Å². The first-order valence-corrected chi connectivity index (χ1v) is 27.5. The van der Waals surface area contributed by atoms with Crippen LogP contribution < -0.4 is 14.2 Å². The first-order valence-electron chi connectivity index (χ1n) is 24.9. The standard InChI is InChI=1S/C63H45O6S.CHF3O3S/c64-61(37-43-13-7-19-55-52-16-4-1-10-40(52)34-58(43)55)67-46-22-28-49(29-23-46)70(50-30-24-47(25-31-50)68-62(65)38-44-14-8-20-56-53-17-5-2-11-41(53)35-59(44)56)51-32-26-48(27-33-51)69-63(66)39-45-15-9-21-57-54-18-6-3-12-42(54)36-60(45)57;2-1(3,4)8(5,6)7/h1-33H,34-39H2;(H,5,6,7)/q+1;/p-1. The molecule has 388 valence electrons. The molecule has 0 saturated carbocycles. The van der Waals surface area contributed by atoms with Crippen molar-refractivity contribution >= 4 is 38.9 Å². The van der Waals surface area contributed by atoms with E-state index in [4.69, 9.17) is 27.2 Å². The molecule has 0 atom stereocenters. The summed E-state index contributed by atoms with van der Waals surface area (Å²) in [6.07, 6.45) is 2.90. The molecule has 0 radical (unpaired) electrons. The van der Waals surface area contributed by atoms with E-state index in [9.17, 15) is 27.6 Å². The lowest BCUT2D eigenvalue weighted by molar-refractivity contribution is -0.134. The predicted octanol–water partition coefficient (Wildman–Crippen LogP) is 13.0. The van der Waals surface area contributed by atoms with Crippen molar-refractivity contribution in [2.24, 2.45) is 0 Å². The molecule has 9 aromatic carbocycles. The van der Waals surface area contributed by atoms with Crippen LogP contribution in [0.25, 0.3) is 33.4 Å². The van der Waals surface area contributed by atoms with E-state index in [1.807, 2.05) is 109 Å². The molecule has 0 unspecified atom stereocenters. The van der Waals surface area contributed by atoms with Gasteiger partial charge in [0.15, 0.2) is 24.8 Å². The molecule has 9 aromatic rings. The van der Waals surface area contributed by atoms with Gasteiger partial charge in [0.1, 0.15) is 17.2 Å². The summed E-state index contributed by atoms with van der Waals surface area (Å²) in [5.74, 6) is 0.398. The molecule has 9 nitrogen and oxygen atoms in total. The third kappa shape index (κ3) is 10.9. The lowest BCUT2D eigenvalue weighted by atomic mass is 9.99. The molecule has 3 aliphatic rings. The lowest BCUT2D eigenvalue weighted by Gasteiger charge is -2.12. The summed E-state index contributed by atoms with van der Waals surface area (Å²) in [5, 5.41) is 0. The van der Waals surface area contributed by atoms with E-state index in [0.29, 0.717) is 17.2 Å². The summed E-state index contributed by atoms with van der Waals surface area (Å²) < 4.78 is 76.7. The minimum atomic E-state index is -6.09. The van der Waals surface area contributed by atoms with Crippen LogP contribution in [0.4, 0.5) is 13.2 Å². The molecule has 0 bridgehead atoms. The molecule has 78 heavy (non-hydrogen) atoms. The second-order valence-electron chi connectivity index (χ2n) is 18.9. The highest BCUT2D eigenvalue weighted by Gasteiger charge is 2.37. The van der Waals surface area contributed by atoms with Gasteiger partial charge < -0.3 is 18.8 Å². The Hall–Kier alpha value is -8.56. The number of carbonyl (C=O) groups is 3. The van der Waals surface area contributed by atoms with Gasteiger partial charge in [0.2, 0.25) is 0 Å². The van der Waals surface area contributed by atoms with Crippen molar-refractivity contribution in [2.45, 2.75) is 58.7 Å². The first kappa shape index (κ1) is 51.5. The maximum Gasteiger partial charge on any atom is 0.485 e. The predicted molar refractivity (Wildman–Crippen MR) is 289 cm³/mol. The highest BCUT2D eigenvalue weighted by molar-refractivity contribution is 7.97. The smallest absolute Gasteiger partial charge is 0.485 e. The molecule has 0 fully saturated rings. The number of esters is 3. The van der Waals surface area contributed by atoms with Crippen LogP contribution >= 0.6 is 0 Å². The van der Waals surface area contributed by atoms with Crippen LogP contribution in [0.15, 0.2) is 215 Å². The molecule has 12 rings (SSSR count). The fourth-order valence-electron chi connectivity index (χ4n) is 10.5. The highest BCUT2D eigenvalue weighted by atomic mass is 32.2. The van der Waals surface area contributed by atoms with E-state index in [-0.39, 0.29) is 37.2 Å². The summed E-state index contributed by atoms with van der Waals surface area (Å²) in [6.45, 7) is 0. The Kier molecular flexibility index (Phi) is 14.2. The number of fused-ring (bicyclic) bond motifs is 9. The van der Waals surface area contributed by atoms with Crippen molar-refractivity contribution in [1.29, 1.82) is 0 Å². The van der Waals surface area contributed by atoms with Gasteiger partial charge in [-0.3, -0.25) is 14.4 Å². The Bertz CT molecular complexity index is 3540. The minimum Gasteiger partial charge on any atom is -0.741 e. The second kappa shape index (κ2) is 21.5. The van der Waals surface area contributed by atoms with E-state index >= 15 is 0 Å². The quantitative estimate of drug-likeness (QED) is 0.0385. The fourth-order valence-corrected chi connectivity index (χ4v) is 12.5. The summed E-state index contributed by atoms with van der Waals surface area (Å²) in [5.41, 5.74) is 11.8. The molecule has 0 heterocycles. The van der Waals surface area contributed by atoms with Crippen LogP contribution in [0.1, 0.15) is 50.1 Å². The van der Waals surface area contributed by atoms with Gasteiger partial charge in [0.25, 0.3) is 0 Å². The van der Waals surface area contributed by atoms with Crippen LogP contribution in [0.5, 0.6) is 17.2 Å². The molecule has 3 aliphatic carbocycles. The molecule has 0 aromatic heterocycles. The molecular weight excluding hydrogens is 1030 g/mol. The van der Waals surface area contributed by atoms with Crippen LogP contribution in [-0.4, -0.2) is 36.4 Å². The number of hydrogen-bond acceptors (Lipinski definition) is 9. The maximum absolute atomic E-state index is 13.4. The van der Waals surface area contributed by atoms with Gasteiger partial charge in [-0.15, -0.1) is 0 Å². The van der Waals surface area contributed by atoms with Gasteiger partial charge >= 0.3 is 23.4 Å². The normalized spacial score (nSPS) is 12.5. The fraction of sp³-hybridized carbons (Fsp3) is 0.109. The number of carbonyl (C=O) groups excluding carboxylic acids is 3. The Morgan fingerprint density at radius 2 is 0.654 bits per heavy atom. The summed E-state index contributed by atoms with van der Waals surface area (Å²) >= 11 is 0. The van der Waals surface area contributed by atoms with Gasteiger partial charge in [-0.2, -0.15) is 13.2 Å². The molecule has 0 aliphatic heterocycles. The minimum absolute atomic E-state index is 0.167. The zero-order chi connectivity index (χ0) is 54.1. The third-order valence-corrected chi connectivity index (χ3v) is 16.8. The monoisotopic (exact) mass is 1080 g/mol. The van der Waals surface area contributed by atoms with E-state index in [0.717, 1.165) is 50.6 Å². The molecule has 0 amide bonds. The number of hydrogen-bond donors (Lipinski definition) is 0. The summed E-state index contributed by atoms with van der Waals surface area (Å²) in [4.78, 5) is 43.2. The van der Waals surface area contributed by atoms with E-state index < -0.39 is 26.5 Å². The van der Waals surface area contributed by atoms with Crippen molar-refractivity contribution in [3.05, 3.63) is 250 Å². The maximum atomic E-state index is 13.4. The molecule has 0 saturated heterocycles. The third-order valence-electron chi connectivity index (χ3n) is 14.0. The van der Waals surface area contributed by atoms with Crippen molar-refractivity contribution in [2.75, 3.05) is 0 Å². The van der Waals surface area contributed by atoms with Crippen LogP contribution in [0, 0.1) is 0 Å². The van der Waals surface area contributed by atoms with Crippen LogP contribution in [0.3, 0.4) is 0 Å². The van der Waals surface area contributed by atoms with E-state index in [1.54, 1.807) is 0 Å². The Morgan fingerprint density at radius 1 is 0.397 bits per heavy atom.